The summed E-state index contributed by atoms with van der Waals surface area (Å²) in [6.45, 7) is 6.92. The van der Waals surface area contributed by atoms with Gasteiger partial charge in [0.2, 0.25) is 0 Å². The standard InChI is InChI=1S/C17H23N3O2S/c1-11(2)16(15-7-5-9-23-15)18-17(21)20-8-4-6-13(20)14-10-12(3)19-22-14/h5,7,9-11,13,16H,4,6,8H2,1-3H3,(H,18,21). The van der Waals surface area contributed by atoms with Crippen LogP contribution in [0.15, 0.2) is 28.1 Å². The van der Waals surface area contributed by atoms with Gasteiger partial charge in [0, 0.05) is 17.5 Å². The van der Waals surface area contributed by atoms with E-state index in [2.05, 4.69) is 30.4 Å². The summed E-state index contributed by atoms with van der Waals surface area (Å²) in [5.74, 6) is 1.12. The van der Waals surface area contributed by atoms with Gasteiger partial charge >= 0.3 is 6.03 Å². The van der Waals surface area contributed by atoms with E-state index in [1.807, 2.05) is 29.3 Å². The lowest BCUT2D eigenvalue weighted by atomic mass is 10.0. The fourth-order valence-corrected chi connectivity index (χ4v) is 4.05. The Balaban J connectivity index is 1.73. The minimum atomic E-state index is -0.0198. The molecule has 23 heavy (non-hydrogen) atoms. The lowest BCUT2D eigenvalue weighted by Crippen LogP contribution is -2.42. The molecule has 1 saturated heterocycles. The minimum Gasteiger partial charge on any atom is -0.359 e. The predicted octanol–water partition coefficient (Wildman–Crippen LogP) is 4.29. The van der Waals surface area contributed by atoms with Gasteiger partial charge in [-0.3, -0.25) is 0 Å². The molecule has 0 spiro atoms. The molecule has 1 fully saturated rings. The molecule has 2 unspecified atom stereocenters. The van der Waals surface area contributed by atoms with Crippen LogP contribution >= 0.6 is 11.3 Å². The lowest BCUT2D eigenvalue weighted by molar-refractivity contribution is 0.175. The number of hydrogen-bond acceptors (Lipinski definition) is 4. The van der Waals surface area contributed by atoms with Gasteiger partial charge in [0.05, 0.1) is 17.8 Å². The average molecular weight is 333 g/mol. The first-order chi connectivity index (χ1) is 11.1. The van der Waals surface area contributed by atoms with Crippen LogP contribution in [0.1, 0.15) is 55.1 Å². The normalized spacial score (nSPS) is 19.3. The van der Waals surface area contributed by atoms with Gasteiger partial charge in [-0.1, -0.05) is 25.1 Å². The van der Waals surface area contributed by atoms with E-state index in [1.165, 1.54) is 4.88 Å². The van der Waals surface area contributed by atoms with Crippen LogP contribution in [0.25, 0.3) is 0 Å². The maximum atomic E-state index is 12.8. The van der Waals surface area contributed by atoms with Gasteiger partial charge in [-0.15, -0.1) is 11.3 Å². The summed E-state index contributed by atoms with van der Waals surface area (Å²) >= 11 is 1.68. The summed E-state index contributed by atoms with van der Waals surface area (Å²) in [4.78, 5) is 15.9. The summed E-state index contributed by atoms with van der Waals surface area (Å²) in [6, 6.07) is 6.05. The molecular weight excluding hydrogens is 310 g/mol. The molecule has 1 aliphatic heterocycles. The second-order valence-corrected chi connectivity index (χ2v) is 7.39. The van der Waals surface area contributed by atoms with Crippen LogP contribution in [0.4, 0.5) is 4.79 Å². The van der Waals surface area contributed by atoms with Crippen molar-refractivity contribution in [3.05, 3.63) is 39.9 Å². The maximum absolute atomic E-state index is 12.8. The first kappa shape index (κ1) is 16.1. The zero-order chi connectivity index (χ0) is 16.4. The number of likely N-dealkylation sites (tertiary alicyclic amines) is 1. The number of carbonyl (C=O) groups is 1. The molecule has 0 aliphatic carbocycles. The monoisotopic (exact) mass is 333 g/mol. The zero-order valence-corrected chi connectivity index (χ0v) is 14.6. The Morgan fingerprint density at radius 2 is 2.35 bits per heavy atom. The summed E-state index contributed by atoms with van der Waals surface area (Å²) in [5.41, 5.74) is 0.853. The molecule has 0 bridgehead atoms. The highest BCUT2D eigenvalue weighted by molar-refractivity contribution is 7.10. The molecule has 124 valence electrons. The van der Waals surface area contributed by atoms with E-state index < -0.39 is 0 Å². The number of hydrogen-bond donors (Lipinski definition) is 1. The second-order valence-electron chi connectivity index (χ2n) is 6.41. The van der Waals surface area contributed by atoms with Crippen LogP contribution in [0.2, 0.25) is 0 Å². The molecule has 0 aromatic carbocycles. The molecule has 2 aromatic rings. The molecule has 2 amide bonds. The molecule has 6 heteroatoms. The van der Waals surface area contributed by atoms with Gasteiger partial charge in [0.15, 0.2) is 5.76 Å². The van der Waals surface area contributed by atoms with Crippen molar-refractivity contribution in [3.63, 3.8) is 0 Å². The van der Waals surface area contributed by atoms with Gasteiger partial charge in [0.25, 0.3) is 0 Å². The number of amides is 2. The zero-order valence-electron chi connectivity index (χ0n) is 13.8. The summed E-state index contributed by atoms with van der Waals surface area (Å²) in [7, 11) is 0. The van der Waals surface area contributed by atoms with Gasteiger partial charge in [-0.05, 0) is 37.1 Å². The Morgan fingerprint density at radius 1 is 1.52 bits per heavy atom. The van der Waals surface area contributed by atoms with Crippen molar-refractivity contribution in [1.29, 1.82) is 0 Å². The molecule has 0 saturated carbocycles. The minimum absolute atomic E-state index is 0.00709. The van der Waals surface area contributed by atoms with Crippen molar-refractivity contribution in [3.8, 4) is 0 Å². The van der Waals surface area contributed by atoms with Gasteiger partial charge in [0.1, 0.15) is 0 Å². The summed E-state index contributed by atoms with van der Waals surface area (Å²) in [6.07, 6.45) is 1.91. The van der Waals surface area contributed by atoms with E-state index in [9.17, 15) is 4.79 Å². The maximum Gasteiger partial charge on any atom is 0.318 e. The Morgan fingerprint density at radius 3 is 2.96 bits per heavy atom. The van der Waals surface area contributed by atoms with Crippen LogP contribution in [-0.4, -0.2) is 22.6 Å². The Bertz CT molecular complexity index is 651. The van der Waals surface area contributed by atoms with E-state index in [4.69, 9.17) is 4.52 Å². The first-order valence-electron chi connectivity index (χ1n) is 8.10. The highest BCUT2D eigenvalue weighted by Gasteiger charge is 2.34. The molecular formula is C17H23N3O2S. The molecule has 3 rings (SSSR count). The third-order valence-corrected chi connectivity index (χ3v) is 5.24. The number of urea groups is 1. The second kappa shape index (κ2) is 6.74. The van der Waals surface area contributed by atoms with Crippen molar-refractivity contribution in [1.82, 2.24) is 15.4 Å². The summed E-state index contributed by atoms with van der Waals surface area (Å²) in [5, 5.41) is 9.20. The number of nitrogens with zero attached hydrogens (tertiary/aromatic N) is 2. The van der Waals surface area contributed by atoms with Crippen molar-refractivity contribution in [2.24, 2.45) is 5.92 Å². The van der Waals surface area contributed by atoms with Crippen molar-refractivity contribution in [2.75, 3.05) is 6.54 Å². The largest absolute Gasteiger partial charge is 0.359 e. The first-order valence-corrected chi connectivity index (χ1v) is 8.98. The molecule has 1 N–H and O–H groups in total. The Hall–Kier alpha value is -1.82. The van der Waals surface area contributed by atoms with E-state index >= 15 is 0 Å². The van der Waals surface area contributed by atoms with Gasteiger partial charge in [-0.2, -0.15) is 0 Å². The fraction of sp³-hybridized carbons (Fsp3) is 0.529. The molecule has 0 radical (unpaired) electrons. The predicted molar refractivity (Wildman–Crippen MR) is 90.4 cm³/mol. The Labute approximate surface area is 140 Å². The molecule has 5 nitrogen and oxygen atoms in total. The van der Waals surface area contributed by atoms with Gasteiger partial charge < -0.3 is 14.7 Å². The van der Waals surface area contributed by atoms with Crippen molar-refractivity contribution >= 4 is 17.4 Å². The highest BCUT2D eigenvalue weighted by atomic mass is 32.1. The van der Waals surface area contributed by atoms with E-state index in [1.54, 1.807) is 11.3 Å². The third-order valence-electron chi connectivity index (χ3n) is 4.28. The van der Waals surface area contributed by atoms with E-state index in [0.717, 1.165) is 30.8 Å². The molecule has 2 aromatic heterocycles. The van der Waals surface area contributed by atoms with Crippen LogP contribution in [-0.2, 0) is 0 Å². The van der Waals surface area contributed by atoms with Crippen LogP contribution in [0.5, 0.6) is 0 Å². The SMILES string of the molecule is Cc1cc(C2CCCN2C(=O)NC(c2cccs2)C(C)C)on1. The fourth-order valence-electron chi connectivity index (χ4n) is 3.10. The van der Waals surface area contributed by atoms with Gasteiger partial charge in [-0.25, -0.2) is 4.79 Å². The third kappa shape index (κ3) is 3.42. The number of thiophene rings is 1. The van der Waals surface area contributed by atoms with E-state index in [-0.39, 0.29) is 18.1 Å². The number of carbonyl (C=O) groups excluding carboxylic acids is 1. The highest BCUT2D eigenvalue weighted by Crippen LogP contribution is 2.33. The Kier molecular flexibility index (Phi) is 4.71. The topological polar surface area (TPSA) is 58.4 Å². The van der Waals surface area contributed by atoms with Crippen molar-refractivity contribution in [2.45, 2.75) is 45.7 Å². The number of nitrogens with one attached hydrogen (secondary N) is 1. The lowest BCUT2D eigenvalue weighted by Gasteiger charge is -2.28. The quantitative estimate of drug-likeness (QED) is 0.908. The summed E-state index contributed by atoms with van der Waals surface area (Å²) < 4.78 is 5.38. The number of rotatable bonds is 4. The average Bonchev–Trinajstić information content (AvgIpc) is 3.24. The van der Waals surface area contributed by atoms with E-state index in [0.29, 0.717) is 5.92 Å². The van der Waals surface area contributed by atoms with Crippen LogP contribution in [0.3, 0.4) is 0 Å². The van der Waals surface area contributed by atoms with Crippen molar-refractivity contribution < 1.29 is 9.32 Å². The van der Waals surface area contributed by atoms with Crippen LogP contribution < -0.4 is 5.32 Å². The molecule has 2 atom stereocenters. The smallest absolute Gasteiger partial charge is 0.318 e. The van der Waals surface area contributed by atoms with Crippen LogP contribution in [0, 0.1) is 12.8 Å². The number of aromatic nitrogens is 1. The molecule has 1 aliphatic rings. The number of aryl methyl sites for hydroxylation is 1. The molecule has 3 heterocycles.